The van der Waals surface area contributed by atoms with Crippen LogP contribution >= 0.6 is 0 Å². The van der Waals surface area contributed by atoms with E-state index in [1.165, 1.54) is 0 Å². The van der Waals surface area contributed by atoms with E-state index in [0.717, 1.165) is 18.4 Å². The van der Waals surface area contributed by atoms with E-state index in [1.54, 1.807) is 0 Å². The summed E-state index contributed by atoms with van der Waals surface area (Å²) in [5.74, 6) is -0.109. The molecular formula is C17H26N2O2. The van der Waals surface area contributed by atoms with Crippen molar-refractivity contribution in [3.63, 3.8) is 0 Å². The summed E-state index contributed by atoms with van der Waals surface area (Å²) in [6.45, 7) is 5.20. The molecule has 116 valence electrons. The minimum Gasteiger partial charge on any atom is -0.375 e. The van der Waals surface area contributed by atoms with Gasteiger partial charge in [-0.25, -0.2) is 0 Å². The Hall–Kier alpha value is -1.39. The smallest absolute Gasteiger partial charge is 0.224 e. The van der Waals surface area contributed by atoms with Crippen molar-refractivity contribution in [2.75, 3.05) is 13.2 Å². The average Bonchev–Trinajstić information content (AvgIpc) is 2.44. The molecule has 2 rings (SSSR count). The van der Waals surface area contributed by atoms with Gasteiger partial charge in [0.1, 0.15) is 0 Å². The van der Waals surface area contributed by atoms with E-state index in [2.05, 4.69) is 19.2 Å². The number of benzene rings is 1. The number of carbonyl (C=O) groups excluding carboxylic acids is 1. The summed E-state index contributed by atoms with van der Waals surface area (Å²) in [6, 6.07) is 10.2. The van der Waals surface area contributed by atoms with Gasteiger partial charge in [-0.2, -0.15) is 0 Å². The van der Waals surface area contributed by atoms with Crippen molar-refractivity contribution in [3.8, 4) is 0 Å². The molecule has 1 amide bonds. The maximum absolute atomic E-state index is 12.4. The molecule has 1 saturated heterocycles. The number of nitrogens with one attached hydrogen (secondary N) is 1. The van der Waals surface area contributed by atoms with Gasteiger partial charge in [0.15, 0.2) is 0 Å². The summed E-state index contributed by atoms with van der Waals surface area (Å²) in [5, 5.41) is 3.15. The highest BCUT2D eigenvalue weighted by Crippen LogP contribution is 2.24. The Labute approximate surface area is 127 Å². The Morgan fingerprint density at radius 3 is 2.76 bits per heavy atom. The zero-order chi connectivity index (χ0) is 15.3. The third kappa shape index (κ3) is 4.83. The van der Waals surface area contributed by atoms with Crippen LogP contribution in [0.2, 0.25) is 0 Å². The second-order valence-corrected chi connectivity index (χ2v) is 6.43. The predicted octanol–water partition coefficient (Wildman–Crippen LogP) is 1.88. The van der Waals surface area contributed by atoms with Gasteiger partial charge < -0.3 is 15.8 Å². The second kappa shape index (κ2) is 7.05. The lowest BCUT2D eigenvalue weighted by Crippen LogP contribution is -2.48. The van der Waals surface area contributed by atoms with Gasteiger partial charge in [-0.1, -0.05) is 30.3 Å². The zero-order valence-electron chi connectivity index (χ0n) is 13.0. The van der Waals surface area contributed by atoms with Gasteiger partial charge in [0, 0.05) is 19.2 Å². The molecule has 1 aromatic rings. The fourth-order valence-electron chi connectivity index (χ4n) is 2.86. The largest absolute Gasteiger partial charge is 0.375 e. The van der Waals surface area contributed by atoms with Gasteiger partial charge in [-0.15, -0.1) is 0 Å². The van der Waals surface area contributed by atoms with Gasteiger partial charge in [0.2, 0.25) is 5.91 Å². The van der Waals surface area contributed by atoms with Crippen LogP contribution in [0.1, 0.15) is 32.3 Å². The number of rotatable bonds is 5. The molecule has 1 aliphatic rings. The van der Waals surface area contributed by atoms with Crippen molar-refractivity contribution < 1.29 is 9.53 Å². The van der Waals surface area contributed by atoms with E-state index in [9.17, 15) is 4.79 Å². The molecule has 1 heterocycles. The Morgan fingerprint density at radius 1 is 1.43 bits per heavy atom. The van der Waals surface area contributed by atoms with Crippen LogP contribution in [0.3, 0.4) is 0 Å². The number of carbonyl (C=O) groups is 1. The second-order valence-electron chi connectivity index (χ2n) is 6.43. The fraction of sp³-hybridized carbons (Fsp3) is 0.588. The average molecular weight is 290 g/mol. The first-order chi connectivity index (χ1) is 10.00. The van der Waals surface area contributed by atoms with E-state index in [-0.39, 0.29) is 23.5 Å². The first-order valence-corrected chi connectivity index (χ1v) is 7.68. The van der Waals surface area contributed by atoms with E-state index in [0.29, 0.717) is 19.6 Å². The van der Waals surface area contributed by atoms with E-state index < -0.39 is 0 Å². The SMILES string of the molecule is CC1(C)CC(NC(=O)C(CN)Cc2ccccc2)CCO1. The molecule has 0 bridgehead atoms. The molecule has 0 saturated carbocycles. The summed E-state index contributed by atoms with van der Waals surface area (Å²) in [7, 11) is 0. The Kier molecular flexibility index (Phi) is 5.37. The van der Waals surface area contributed by atoms with Gasteiger partial charge in [-0.05, 0) is 38.7 Å². The van der Waals surface area contributed by atoms with Crippen molar-refractivity contribution >= 4 is 5.91 Å². The highest BCUT2D eigenvalue weighted by molar-refractivity contribution is 5.79. The summed E-state index contributed by atoms with van der Waals surface area (Å²) in [5.41, 5.74) is 6.78. The molecule has 2 unspecified atom stereocenters. The van der Waals surface area contributed by atoms with Gasteiger partial charge >= 0.3 is 0 Å². The molecule has 0 aliphatic carbocycles. The van der Waals surface area contributed by atoms with Crippen LogP contribution < -0.4 is 11.1 Å². The van der Waals surface area contributed by atoms with Crippen LogP contribution in [0, 0.1) is 5.92 Å². The van der Waals surface area contributed by atoms with Gasteiger partial charge in [0.05, 0.1) is 11.5 Å². The third-order valence-electron chi connectivity index (χ3n) is 4.02. The monoisotopic (exact) mass is 290 g/mol. The van der Waals surface area contributed by atoms with Crippen molar-refractivity contribution in [3.05, 3.63) is 35.9 Å². The van der Waals surface area contributed by atoms with Crippen molar-refractivity contribution in [2.45, 2.75) is 44.8 Å². The quantitative estimate of drug-likeness (QED) is 0.870. The number of amides is 1. The van der Waals surface area contributed by atoms with Crippen LogP contribution in [-0.4, -0.2) is 30.7 Å². The summed E-state index contributed by atoms with van der Waals surface area (Å²) >= 11 is 0. The standard InChI is InChI=1S/C17H26N2O2/c1-17(2)11-15(8-9-21-17)19-16(20)14(12-18)10-13-6-4-3-5-7-13/h3-7,14-15H,8-12,18H2,1-2H3,(H,19,20). The summed E-state index contributed by atoms with van der Waals surface area (Å²) in [6.07, 6.45) is 2.41. The van der Waals surface area contributed by atoms with Crippen LogP contribution in [0.5, 0.6) is 0 Å². The lowest BCUT2D eigenvalue weighted by atomic mass is 9.92. The number of ether oxygens (including phenoxy) is 1. The molecule has 1 aliphatic heterocycles. The molecule has 2 atom stereocenters. The van der Waals surface area contributed by atoms with Gasteiger partial charge in [0.25, 0.3) is 0 Å². The highest BCUT2D eigenvalue weighted by atomic mass is 16.5. The minimum absolute atomic E-state index is 0.0593. The lowest BCUT2D eigenvalue weighted by molar-refractivity contribution is -0.127. The maximum Gasteiger partial charge on any atom is 0.224 e. The summed E-state index contributed by atoms with van der Waals surface area (Å²) < 4.78 is 5.68. The Balaban J connectivity index is 1.91. The third-order valence-corrected chi connectivity index (χ3v) is 4.02. The molecule has 4 heteroatoms. The molecule has 0 radical (unpaired) electrons. The topological polar surface area (TPSA) is 64.4 Å². The van der Waals surface area contributed by atoms with Crippen LogP contribution in [0.4, 0.5) is 0 Å². The van der Waals surface area contributed by atoms with Crippen molar-refractivity contribution in [2.24, 2.45) is 11.7 Å². The Morgan fingerprint density at radius 2 is 2.14 bits per heavy atom. The first kappa shape index (κ1) is 16.0. The maximum atomic E-state index is 12.4. The molecule has 21 heavy (non-hydrogen) atoms. The molecule has 3 N–H and O–H groups in total. The normalized spacial score (nSPS) is 22.5. The van der Waals surface area contributed by atoms with Crippen LogP contribution in [0.25, 0.3) is 0 Å². The number of hydrogen-bond donors (Lipinski definition) is 2. The summed E-state index contributed by atoms with van der Waals surface area (Å²) in [4.78, 5) is 12.4. The number of nitrogens with two attached hydrogens (primary N) is 1. The fourth-order valence-corrected chi connectivity index (χ4v) is 2.86. The lowest BCUT2D eigenvalue weighted by Gasteiger charge is -2.36. The molecular weight excluding hydrogens is 264 g/mol. The zero-order valence-corrected chi connectivity index (χ0v) is 13.0. The molecule has 1 fully saturated rings. The molecule has 0 spiro atoms. The molecule has 1 aromatic carbocycles. The van der Waals surface area contributed by atoms with Crippen molar-refractivity contribution in [1.29, 1.82) is 0 Å². The predicted molar refractivity (Wildman–Crippen MR) is 83.9 cm³/mol. The highest BCUT2D eigenvalue weighted by Gasteiger charge is 2.30. The first-order valence-electron chi connectivity index (χ1n) is 7.68. The number of hydrogen-bond acceptors (Lipinski definition) is 3. The van der Waals surface area contributed by atoms with Gasteiger partial charge in [-0.3, -0.25) is 4.79 Å². The Bertz CT molecular complexity index is 459. The van der Waals surface area contributed by atoms with Crippen LogP contribution in [0.15, 0.2) is 30.3 Å². The van der Waals surface area contributed by atoms with Crippen LogP contribution in [-0.2, 0) is 16.0 Å². The van der Waals surface area contributed by atoms with E-state index in [1.807, 2.05) is 30.3 Å². The van der Waals surface area contributed by atoms with E-state index in [4.69, 9.17) is 10.5 Å². The minimum atomic E-state index is -0.168. The molecule has 4 nitrogen and oxygen atoms in total. The van der Waals surface area contributed by atoms with Crippen molar-refractivity contribution in [1.82, 2.24) is 5.32 Å². The molecule has 0 aromatic heterocycles. The van der Waals surface area contributed by atoms with E-state index >= 15 is 0 Å².